The number of nitrogens with two attached hydrogens (primary N) is 1. The van der Waals surface area contributed by atoms with Gasteiger partial charge in [0.05, 0.1) is 11.0 Å². The number of ether oxygens (including phenoxy) is 1. The molecule has 4 aromatic rings. The molecule has 5 rings (SSSR count). The van der Waals surface area contributed by atoms with Crippen LogP contribution in [0.25, 0.3) is 11.0 Å². The number of hydrogen-bond donors (Lipinski definition) is 7. The fraction of sp³-hybridized carbons (Fsp3) is 0.353. The summed E-state index contributed by atoms with van der Waals surface area (Å²) < 4.78 is 5.49. The van der Waals surface area contributed by atoms with E-state index < -0.39 is 6.09 Å². The quantitative estimate of drug-likeness (QED) is 0.0382. The van der Waals surface area contributed by atoms with Crippen LogP contribution in [0.4, 0.5) is 21.0 Å². The summed E-state index contributed by atoms with van der Waals surface area (Å²) in [7, 11) is 0. The van der Waals surface area contributed by atoms with Gasteiger partial charge in [0.15, 0.2) is 5.69 Å². The molecule has 0 bridgehead atoms. The van der Waals surface area contributed by atoms with E-state index in [-0.39, 0.29) is 53.4 Å². The van der Waals surface area contributed by atoms with Crippen molar-refractivity contribution in [2.45, 2.75) is 57.5 Å². The fourth-order valence-electron chi connectivity index (χ4n) is 6.32. The van der Waals surface area contributed by atoms with E-state index in [0.29, 0.717) is 56.7 Å². The minimum atomic E-state index is -1.12. The van der Waals surface area contributed by atoms with Gasteiger partial charge in [0.2, 0.25) is 0 Å². The van der Waals surface area contributed by atoms with Gasteiger partial charge in [-0.1, -0.05) is 42.5 Å². The van der Waals surface area contributed by atoms with Gasteiger partial charge in [0.25, 0.3) is 0 Å². The Bertz CT molecular complexity index is 1650. The van der Waals surface area contributed by atoms with Crippen LogP contribution in [0.5, 0.6) is 0 Å². The number of H-pyrrole nitrogens is 1. The van der Waals surface area contributed by atoms with Crippen LogP contribution in [-0.2, 0) is 17.6 Å². The van der Waals surface area contributed by atoms with Gasteiger partial charge in [-0.15, -0.1) is 24.8 Å². The summed E-state index contributed by atoms with van der Waals surface area (Å²) in [6, 6.07) is 22.0. The third-order valence-electron chi connectivity index (χ3n) is 8.59. The normalized spacial score (nSPS) is 18.6. The second kappa shape index (κ2) is 17.7. The van der Waals surface area contributed by atoms with Gasteiger partial charge >= 0.3 is 12.1 Å². The van der Waals surface area contributed by atoms with Gasteiger partial charge in [0.1, 0.15) is 24.2 Å². The molecule has 3 unspecified atom stereocenters. The van der Waals surface area contributed by atoms with Crippen LogP contribution in [0.1, 0.15) is 49.6 Å². The van der Waals surface area contributed by atoms with Crippen molar-refractivity contribution in [2.75, 3.05) is 25.1 Å². The number of carbonyl (C=O) groups excluding carboxylic acids is 1. The van der Waals surface area contributed by atoms with E-state index >= 15 is 0 Å². The molecule has 0 aliphatic carbocycles. The number of amidine groups is 1. The molecule has 0 spiro atoms. The minimum absolute atomic E-state index is 0. The summed E-state index contributed by atoms with van der Waals surface area (Å²) in [4.78, 5) is 33.5. The predicted octanol–water partition coefficient (Wildman–Crippen LogP) is 6.14. The van der Waals surface area contributed by atoms with Crippen molar-refractivity contribution >= 4 is 65.2 Å². The Morgan fingerprint density at radius 2 is 1.83 bits per heavy atom. The van der Waals surface area contributed by atoms with Crippen LogP contribution < -0.4 is 26.4 Å². The summed E-state index contributed by atoms with van der Waals surface area (Å²) in [6.45, 7) is 3.76. The lowest BCUT2D eigenvalue weighted by Crippen LogP contribution is -2.71. The molecule has 1 fully saturated rings. The van der Waals surface area contributed by atoms with Crippen LogP contribution in [0.2, 0.25) is 0 Å². The number of aromatic amines is 1. The monoisotopic (exact) mass is 699 g/mol. The van der Waals surface area contributed by atoms with Gasteiger partial charge in [-0.05, 0) is 43.5 Å². The van der Waals surface area contributed by atoms with Crippen LogP contribution >= 0.6 is 24.8 Å². The smallest absolute Gasteiger partial charge is 0.449 e. The molecule has 3 aromatic carbocycles. The second-order valence-electron chi connectivity index (χ2n) is 11.7. The number of carboxylic acid groups (broad SMARTS) is 1. The first-order valence-electron chi connectivity index (χ1n) is 15.8. The molecule has 3 atom stereocenters. The van der Waals surface area contributed by atoms with Gasteiger partial charge in [-0.2, -0.15) is 10.0 Å². The van der Waals surface area contributed by atoms with Gasteiger partial charge in [0, 0.05) is 68.3 Å². The Balaban J connectivity index is 0.00000312. The maximum atomic E-state index is 12.9. The number of nitrogens with one attached hydrogen (secondary N) is 5. The Kier molecular flexibility index (Phi) is 14.0. The number of benzene rings is 3. The zero-order valence-corrected chi connectivity index (χ0v) is 28.5. The highest BCUT2D eigenvalue weighted by Gasteiger charge is 2.47. The number of piperidine rings is 1. The Labute approximate surface area is 292 Å². The number of hydrogen-bond acceptors (Lipinski definition) is 5. The number of amides is 3. The van der Waals surface area contributed by atoms with Crippen molar-refractivity contribution in [3.05, 3.63) is 89.7 Å². The summed E-state index contributed by atoms with van der Waals surface area (Å²) in [5.74, 6) is 0.872. The number of quaternary nitrogens is 1. The number of aromatic nitrogens is 2. The van der Waals surface area contributed by atoms with E-state index in [9.17, 15) is 14.7 Å². The predicted molar refractivity (Wildman–Crippen MR) is 194 cm³/mol. The van der Waals surface area contributed by atoms with E-state index in [0.717, 1.165) is 41.0 Å². The molecule has 3 amide bonds. The van der Waals surface area contributed by atoms with Crippen molar-refractivity contribution in [1.82, 2.24) is 25.3 Å². The molecule has 0 radical (unpaired) electrons. The fourth-order valence-corrected chi connectivity index (χ4v) is 6.32. The van der Waals surface area contributed by atoms with E-state index in [4.69, 9.17) is 20.9 Å². The van der Waals surface area contributed by atoms with Gasteiger partial charge in [-0.25, -0.2) is 14.6 Å². The molecule has 1 aliphatic rings. The van der Waals surface area contributed by atoms with Gasteiger partial charge in [-0.3, -0.25) is 5.41 Å². The molecular weight excluding hydrogens is 655 g/mol. The third kappa shape index (κ3) is 9.60. The van der Waals surface area contributed by atoms with Crippen molar-refractivity contribution in [1.29, 1.82) is 5.41 Å². The van der Waals surface area contributed by atoms with Gasteiger partial charge < -0.3 is 31.2 Å². The average Bonchev–Trinajstić information content (AvgIpc) is 3.46. The van der Waals surface area contributed by atoms with E-state index in [1.54, 1.807) is 0 Å². The zero-order valence-electron chi connectivity index (χ0n) is 26.9. The topological polar surface area (TPSA) is 178 Å². The molecule has 2 heterocycles. The second-order valence-corrected chi connectivity index (χ2v) is 11.7. The number of urea groups is 1. The van der Waals surface area contributed by atoms with Crippen LogP contribution in [0, 0.1) is 5.41 Å². The van der Waals surface area contributed by atoms with E-state index in [2.05, 4.69) is 21.0 Å². The highest BCUT2D eigenvalue weighted by Crippen LogP contribution is 2.35. The summed E-state index contributed by atoms with van der Waals surface area (Å²) in [6.07, 6.45) is 2.90. The Morgan fingerprint density at radius 3 is 2.52 bits per heavy atom. The molecule has 258 valence electrons. The number of imidazole rings is 1. The molecular formula is C34H45Cl2N8O4+. The number of aryl methyl sites for hydroxylation is 2. The molecule has 0 saturated carbocycles. The molecule has 14 heteroatoms. The molecule has 1 aromatic heterocycles. The van der Waals surface area contributed by atoms with E-state index in [1.165, 1.54) is 0 Å². The van der Waals surface area contributed by atoms with E-state index in [1.807, 2.05) is 79.7 Å². The van der Waals surface area contributed by atoms with Crippen LogP contribution in [0.15, 0.2) is 72.8 Å². The molecule has 1 saturated heterocycles. The standard InChI is InChI=1S/C34H42N8O4.2ClH/c1-2-46-20-6-9-31-39-29-17-16-28(22-30(29)40-31)42(41-34(44)45)19-18-26(38-33(43)37-25-7-4-3-5-8-25)21-27(42)15-12-23-10-13-24(14-11-23)32(35)36;;/h3-5,7-8,10-11,13-14,16-17,22,26-27,41H,2,6,9,12,15,18-21H2,1H3,(H6-,35,36,37,38,39,40,43,44,45);2*1H/p+1. The largest absolute Gasteiger partial charge is 0.462 e. The highest BCUT2D eigenvalue weighted by atomic mass is 35.5. The number of rotatable bonds is 13. The summed E-state index contributed by atoms with van der Waals surface area (Å²) >= 11 is 0. The van der Waals surface area contributed by atoms with Crippen molar-refractivity contribution < 1.29 is 19.4 Å². The molecule has 8 N–H and O–H groups in total. The lowest BCUT2D eigenvalue weighted by molar-refractivity contribution is 0.0685. The first-order chi connectivity index (χ1) is 22.3. The first kappa shape index (κ1) is 38.1. The average molecular weight is 701 g/mol. The number of nitrogen functional groups attached to an aromatic ring is 1. The van der Waals surface area contributed by atoms with Crippen LogP contribution in [-0.4, -0.2) is 64.9 Å². The minimum Gasteiger partial charge on any atom is -0.462 e. The lowest BCUT2D eigenvalue weighted by Gasteiger charge is -2.47. The lowest BCUT2D eigenvalue weighted by atomic mass is 9.90. The zero-order chi connectivity index (χ0) is 32.5. The first-order valence-corrected chi connectivity index (χ1v) is 15.8. The third-order valence-corrected chi connectivity index (χ3v) is 8.59. The van der Waals surface area contributed by atoms with Crippen molar-refractivity contribution in [2.24, 2.45) is 5.73 Å². The number of halogens is 2. The highest BCUT2D eigenvalue weighted by molar-refractivity contribution is 5.94. The number of fused-ring (bicyclic) bond motifs is 1. The Morgan fingerprint density at radius 1 is 1.08 bits per heavy atom. The Hall–Kier alpha value is -4.36. The summed E-state index contributed by atoms with van der Waals surface area (Å²) in [5.41, 5.74) is 13.4. The number of para-hydroxylation sites is 1. The number of carbonyl (C=O) groups is 2. The maximum Gasteiger partial charge on any atom is 0.449 e. The molecule has 12 nitrogen and oxygen atoms in total. The SMILES string of the molecule is CCOCCCc1nc2cc([N+]3(NC(=O)O)CCC(NC(=O)Nc4ccccc4)CC3CCc3ccc(C(=N)N)cc3)ccc2[nH]1.Cl.Cl. The molecule has 48 heavy (non-hydrogen) atoms. The van der Waals surface area contributed by atoms with Crippen LogP contribution in [0.3, 0.4) is 0 Å². The molecule has 1 aliphatic heterocycles. The number of anilines is 1. The van der Waals surface area contributed by atoms with Crippen molar-refractivity contribution in [3.8, 4) is 0 Å². The maximum absolute atomic E-state index is 12.9. The summed E-state index contributed by atoms with van der Waals surface area (Å²) in [5, 5.41) is 23.8. The number of nitrogens with zero attached hydrogens (tertiary/aromatic N) is 2. The van der Waals surface area contributed by atoms with Crippen molar-refractivity contribution in [3.63, 3.8) is 0 Å².